The van der Waals surface area contributed by atoms with Crippen LogP contribution in [0.25, 0.3) is 0 Å². The van der Waals surface area contributed by atoms with E-state index in [4.69, 9.17) is 14.2 Å². The third-order valence-corrected chi connectivity index (χ3v) is 3.22. The fraction of sp³-hybridized carbons (Fsp3) is 0.235. The van der Waals surface area contributed by atoms with Crippen molar-refractivity contribution in [2.75, 3.05) is 14.2 Å². The third kappa shape index (κ3) is 3.34. The van der Waals surface area contributed by atoms with Gasteiger partial charge in [-0.25, -0.2) is 4.79 Å². The number of ether oxygens (including phenoxy) is 3. The maximum atomic E-state index is 11.7. The van der Waals surface area contributed by atoms with Crippen molar-refractivity contribution < 1.29 is 19.0 Å². The summed E-state index contributed by atoms with van der Waals surface area (Å²) in [6, 6.07) is 13.3. The zero-order chi connectivity index (χ0) is 15.2. The van der Waals surface area contributed by atoms with Gasteiger partial charge in [0.2, 0.25) is 0 Å². The molecule has 0 spiro atoms. The monoisotopic (exact) mass is 286 g/mol. The number of hydrogen-bond acceptors (Lipinski definition) is 4. The highest BCUT2D eigenvalue weighted by atomic mass is 16.5. The molecule has 0 atom stereocenters. The Morgan fingerprint density at radius 3 is 2.38 bits per heavy atom. The van der Waals surface area contributed by atoms with Gasteiger partial charge >= 0.3 is 5.97 Å². The minimum Gasteiger partial charge on any atom is -0.493 e. The summed E-state index contributed by atoms with van der Waals surface area (Å²) >= 11 is 0. The summed E-state index contributed by atoms with van der Waals surface area (Å²) in [4.78, 5) is 11.7. The Kier molecular flexibility index (Phi) is 4.82. The van der Waals surface area contributed by atoms with Crippen LogP contribution in [0.3, 0.4) is 0 Å². The molecular formula is C17H18O4. The number of carbonyl (C=O) groups is 1. The van der Waals surface area contributed by atoms with Crippen LogP contribution in [0.5, 0.6) is 11.5 Å². The molecule has 0 aromatic heterocycles. The molecule has 0 aliphatic heterocycles. The number of hydrogen-bond donors (Lipinski definition) is 0. The van der Waals surface area contributed by atoms with Crippen LogP contribution in [0.2, 0.25) is 0 Å². The predicted molar refractivity (Wildman–Crippen MR) is 79.8 cm³/mol. The topological polar surface area (TPSA) is 44.8 Å². The molecule has 0 unspecified atom stereocenters. The van der Waals surface area contributed by atoms with Crippen molar-refractivity contribution in [1.29, 1.82) is 0 Å². The summed E-state index contributed by atoms with van der Waals surface area (Å²) in [5.74, 6) is 0.765. The second-order valence-electron chi connectivity index (χ2n) is 4.54. The van der Waals surface area contributed by atoms with E-state index in [1.807, 2.05) is 30.3 Å². The summed E-state index contributed by atoms with van der Waals surface area (Å²) in [6.45, 7) is 2.24. The van der Waals surface area contributed by atoms with Gasteiger partial charge in [-0.3, -0.25) is 0 Å². The molecule has 0 N–H and O–H groups in total. The minimum atomic E-state index is -0.389. The van der Waals surface area contributed by atoms with E-state index in [2.05, 4.69) is 0 Å². The fourth-order valence-electron chi connectivity index (χ4n) is 2.10. The molecule has 110 valence electrons. The molecule has 0 bridgehead atoms. The molecular weight excluding hydrogens is 268 g/mol. The predicted octanol–water partition coefficient (Wildman–Crippen LogP) is 3.37. The maximum absolute atomic E-state index is 11.7. The molecule has 21 heavy (non-hydrogen) atoms. The standard InChI is InChI=1S/C17H18O4/c1-12-14(17(18)20-3)9-10-15(16(12)19-2)21-11-13-7-5-4-6-8-13/h4-10H,11H2,1-3H3. The maximum Gasteiger partial charge on any atom is 0.338 e. The molecule has 2 rings (SSSR count). The number of methoxy groups -OCH3 is 2. The van der Waals surface area contributed by atoms with Crippen LogP contribution in [0.1, 0.15) is 21.5 Å². The Morgan fingerprint density at radius 2 is 1.76 bits per heavy atom. The summed E-state index contributed by atoms with van der Waals surface area (Å²) in [7, 11) is 2.91. The molecule has 0 radical (unpaired) electrons. The van der Waals surface area contributed by atoms with E-state index in [0.717, 1.165) is 5.56 Å². The van der Waals surface area contributed by atoms with Gasteiger partial charge in [0, 0.05) is 5.56 Å². The van der Waals surface area contributed by atoms with E-state index in [-0.39, 0.29) is 5.97 Å². The summed E-state index contributed by atoms with van der Waals surface area (Å²) in [5, 5.41) is 0. The Morgan fingerprint density at radius 1 is 1.05 bits per heavy atom. The molecule has 0 saturated heterocycles. The Labute approximate surface area is 124 Å². The summed E-state index contributed by atoms with van der Waals surface area (Å²) in [5.41, 5.74) is 2.24. The lowest BCUT2D eigenvalue weighted by atomic mass is 10.1. The lowest BCUT2D eigenvalue weighted by molar-refractivity contribution is 0.0599. The Hall–Kier alpha value is -2.49. The highest BCUT2D eigenvalue weighted by Gasteiger charge is 2.17. The molecule has 0 aliphatic rings. The first-order valence-corrected chi connectivity index (χ1v) is 6.60. The summed E-state index contributed by atoms with van der Waals surface area (Å²) < 4.78 is 15.9. The van der Waals surface area contributed by atoms with Gasteiger partial charge in [-0.15, -0.1) is 0 Å². The molecule has 0 heterocycles. The Balaban J connectivity index is 2.24. The van der Waals surface area contributed by atoms with Crippen LogP contribution in [-0.2, 0) is 11.3 Å². The van der Waals surface area contributed by atoms with Crippen molar-refractivity contribution in [2.24, 2.45) is 0 Å². The number of benzene rings is 2. The largest absolute Gasteiger partial charge is 0.493 e. The fourth-order valence-corrected chi connectivity index (χ4v) is 2.10. The lowest BCUT2D eigenvalue weighted by Crippen LogP contribution is -2.06. The average Bonchev–Trinajstić information content (AvgIpc) is 2.53. The molecule has 2 aromatic rings. The zero-order valence-corrected chi connectivity index (χ0v) is 12.4. The van der Waals surface area contributed by atoms with E-state index in [1.165, 1.54) is 7.11 Å². The SMILES string of the molecule is COC(=O)c1ccc(OCc2ccccc2)c(OC)c1C. The van der Waals surface area contributed by atoms with Gasteiger partial charge in [-0.2, -0.15) is 0 Å². The van der Waals surface area contributed by atoms with Crippen LogP contribution in [-0.4, -0.2) is 20.2 Å². The molecule has 4 heteroatoms. The smallest absolute Gasteiger partial charge is 0.338 e. The normalized spacial score (nSPS) is 10.0. The molecule has 0 fully saturated rings. The van der Waals surface area contributed by atoms with E-state index >= 15 is 0 Å². The van der Waals surface area contributed by atoms with Gasteiger partial charge in [0.05, 0.1) is 19.8 Å². The van der Waals surface area contributed by atoms with Crippen molar-refractivity contribution in [3.8, 4) is 11.5 Å². The van der Waals surface area contributed by atoms with Gasteiger partial charge in [-0.05, 0) is 24.6 Å². The van der Waals surface area contributed by atoms with Crippen molar-refractivity contribution in [1.82, 2.24) is 0 Å². The number of carbonyl (C=O) groups excluding carboxylic acids is 1. The summed E-state index contributed by atoms with van der Waals surface area (Å²) in [6.07, 6.45) is 0. The van der Waals surface area contributed by atoms with Gasteiger partial charge in [0.1, 0.15) is 6.61 Å². The molecule has 2 aromatic carbocycles. The van der Waals surface area contributed by atoms with Crippen molar-refractivity contribution in [2.45, 2.75) is 13.5 Å². The third-order valence-electron chi connectivity index (χ3n) is 3.22. The first-order valence-electron chi connectivity index (χ1n) is 6.60. The molecule has 0 amide bonds. The van der Waals surface area contributed by atoms with Gasteiger partial charge in [-0.1, -0.05) is 30.3 Å². The van der Waals surface area contributed by atoms with Crippen molar-refractivity contribution in [3.05, 3.63) is 59.2 Å². The average molecular weight is 286 g/mol. The van der Waals surface area contributed by atoms with Crippen molar-refractivity contribution in [3.63, 3.8) is 0 Å². The highest BCUT2D eigenvalue weighted by Crippen LogP contribution is 2.33. The van der Waals surface area contributed by atoms with E-state index in [0.29, 0.717) is 29.2 Å². The first-order chi connectivity index (χ1) is 10.2. The van der Waals surface area contributed by atoms with E-state index in [1.54, 1.807) is 26.2 Å². The lowest BCUT2D eigenvalue weighted by Gasteiger charge is -2.15. The quantitative estimate of drug-likeness (QED) is 0.790. The molecule has 0 saturated carbocycles. The van der Waals surface area contributed by atoms with Crippen LogP contribution in [0.15, 0.2) is 42.5 Å². The van der Waals surface area contributed by atoms with Gasteiger partial charge in [0.15, 0.2) is 11.5 Å². The van der Waals surface area contributed by atoms with E-state index in [9.17, 15) is 4.79 Å². The zero-order valence-electron chi connectivity index (χ0n) is 12.4. The molecule has 4 nitrogen and oxygen atoms in total. The Bertz CT molecular complexity index is 620. The second-order valence-corrected chi connectivity index (χ2v) is 4.54. The van der Waals surface area contributed by atoms with Crippen molar-refractivity contribution >= 4 is 5.97 Å². The van der Waals surface area contributed by atoms with Gasteiger partial charge < -0.3 is 14.2 Å². The first kappa shape index (κ1) is 14.9. The number of rotatable bonds is 5. The number of esters is 1. The van der Waals surface area contributed by atoms with Crippen LogP contribution >= 0.6 is 0 Å². The van der Waals surface area contributed by atoms with E-state index < -0.39 is 0 Å². The van der Waals surface area contributed by atoms with Gasteiger partial charge in [0.25, 0.3) is 0 Å². The highest BCUT2D eigenvalue weighted by molar-refractivity contribution is 5.92. The molecule has 0 aliphatic carbocycles. The van der Waals surface area contributed by atoms with Crippen LogP contribution in [0.4, 0.5) is 0 Å². The van der Waals surface area contributed by atoms with Crippen LogP contribution < -0.4 is 9.47 Å². The van der Waals surface area contributed by atoms with Crippen LogP contribution in [0, 0.1) is 6.92 Å². The minimum absolute atomic E-state index is 0.389. The second kappa shape index (κ2) is 6.79.